The van der Waals surface area contributed by atoms with Crippen molar-refractivity contribution in [3.63, 3.8) is 0 Å². The first-order valence-corrected chi connectivity index (χ1v) is 8.68. The van der Waals surface area contributed by atoms with Gasteiger partial charge in [-0.25, -0.2) is 14.5 Å². The number of anilines is 1. The molecular weight excluding hydrogens is 318 g/mol. The van der Waals surface area contributed by atoms with Crippen LogP contribution in [0.25, 0.3) is 5.69 Å². The predicted octanol–water partition coefficient (Wildman–Crippen LogP) is 2.56. The number of nitrogens with zero attached hydrogens (tertiary/aromatic N) is 3. The molecule has 0 radical (unpaired) electrons. The minimum Gasteiger partial charge on any atom is -0.396 e. The number of aliphatic hydroxyl groups is 1. The second kappa shape index (κ2) is 7.23. The van der Waals surface area contributed by atoms with Gasteiger partial charge in [-0.15, -0.1) is 0 Å². The van der Waals surface area contributed by atoms with Crippen LogP contribution in [0.15, 0.2) is 24.3 Å². The Bertz CT molecular complexity index is 752. The van der Waals surface area contributed by atoms with E-state index in [2.05, 4.69) is 20.7 Å². The highest BCUT2D eigenvalue weighted by molar-refractivity contribution is 5.91. The van der Waals surface area contributed by atoms with Crippen molar-refractivity contribution in [1.82, 2.24) is 20.1 Å². The zero-order chi connectivity index (χ0) is 17.9. The molecule has 1 aromatic heterocycles. The standard InChI is InChI=1S/C18H25N5O2/c1-13-20-14(2)23(22-13)16-7-4-3-6-15(16)21-17(25)19-12-18(10-11-24)8-5-9-18/h3-4,6-7,24H,5,8-12H2,1-2H3,(H2,19,21,25). The van der Waals surface area contributed by atoms with E-state index < -0.39 is 0 Å². The van der Waals surface area contributed by atoms with Crippen molar-refractivity contribution in [2.45, 2.75) is 39.5 Å². The Morgan fingerprint density at radius 2 is 2.08 bits per heavy atom. The fraction of sp³-hybridized carbons (Fsp3) is 0.500. The molecule has 3 N–H and O–H groups in total. The average Bonchev–Trinajstić information content (AvgIpc) is 2.89. The van der Waals surface area contributed by atoms with Gasteiger partial charge in [-0.1, -0.05) is 18.6 Å². The Morgan fingerprint density at radius 1 is 1.32 bits per heavy atom. The van der Waals surface area contributed by atoms with E-state index in [1.54, 1.807) is 4.68 Å². The summed E-state index contributed by atoms with van der Waals surface area (Å²) in [6.07, 6.45) is 4.02. The van der Waals surface area contributed by atoms with Gasteiger partial charge in [0.05, 0.1) is 11.4 Å². The molecule has 25 heavy (non-hydrogen) atoms. The number of aryl methyl sites for hydroxylation is 2. The van der Waals surface area contributed by atoms with Gasteiger partial charge >= 0.3 is 6.03 Å². The maximum atomic E-state index is 12.3. The zero-order valence-electron chi connectivity index (χ0n) is 14.7. The van der Waals surface area contributed by atoms with Crippen molar-refractivity contribution in [2.75, 3.05) is 18.5 Å². The van der Waals surface area contributed by atoms with Gasteiger partial charge < -0.3 is 15.7 Å². The fourth-order valence-corrected chi connectivity index (χ4v) is 3.38. The van der Waals surface area contributed by atoms with Crippen LogP contribution in [0.3, 0.4) is 0 Å². The predicted molar refractivity (Wildman–Crippen MR) is 95.8 cm³/mol. The van der Waals surface area contributed by atoms with Gasteiger partial charge in [0.1, 0.15) is 11.6 Å². The third-order valence-electron chi connectivity index (χ3n) is 4.94. The van der Waals surface area contributed by atoms with Crippen LogP contribution in [0.2, 0.25) is 0 Å². The summed E-state index contributed by atoms with van der Waals surface area (Å²) in [5.41, 5.74) is 1.52. The monoisotopic (exact) mass is 343 g/mol. The highest BCUT2D eigenvalue weighted by Gasteiger charge is 2.36. The van der Waals surface area contributed by atoms with E-state index in [1.165, 1.54) is 0 Å². The number of benzene rings is 1. The van der Waals surface area contributed by atoms with E-state index in [1.807, 2.05) is 38.1 Å². The average molecular weight is 343 g/mol. The highest BCUT2D eigenvalue weighted by Crippen LogP contribution is 2.43. The molecule has 0 unspecified atom stereocenters. The number of hydrogen-bond donors (Lipinski definition) is 3. The number of nitrogens with one attached hydrogen (secondary N) is 2. The lowest BCUT2D eigenvalue weighted by molar-refractivity contribution is 0.0892. The number of amides is 2. The van der Waals surface area contributed by atoms with Crippen LogP contribution in [0.5, 0.6) is 0 Å². The quantitative estimate of drug-likeness (QED) is 0.751. The summed E-state index contributed by atoms with van der Waals surface area (Å²) in [7, 11) is 0. The molecule has 1 aliphatic carbocycles. The molecule has 0 bridgehead atoms. The molecular formula is C18H25N5O2. The summed E-state index contributed by atoms with van der Waals surface area (Å²) in [4.78, 5) is 16.7. The van der Waals surface area contributed by atoms with Crippen molar-refractivity contribution in [3.8, 4) is 5.69 Å². The van der Waals surface area contributed by atoms with Crippen LogP contribution in [0.1, 0.15) is 37.3 Å². The van der Waals surface area contributed by atoms with E-state index in [0.29, 0.717) is 18.1 Å². The summed E-state index contributed by atoms with van der Waals surface area (Å²) in [5, 5.41) is 19.5. The Hall–Kier alpha value is -2.41. The van der Waals surface area contributed by atoms with E-state index in [0.717, 1.165) is 37.2 Å². The number of carbonyl (C=O) groups is 1. The van der Waals surface area contributed by atoms with Gasteiger partial charge in [0.25, 0.3) is 0 Å². The Balaban J connectivity index is 1.69. The molecule has 0 spiro atoms. The highest BCUT2D eigenvalue weighted by atomic mass is 16.3. The molecule has 134 valence electrons. The molecule has 0 saturated heterocycles. The van der Waals surface area contributed by atoms with Gasteiger partial charge in [0.15, 0.2) is 0 Å². The third-order valence-corrected chi connectivity index (χ3v) is 4.94. The van der Waals surface area contributed by atoms with Crippen LogP contribution < -0.4 is 10.6 Å². The van der Waals surface area contributed by atoms with Gasteiger partial charge in [-0.2, -0.15) is 5.10 Å². The van der Waals surface area contributed by atoms with E-state index in [4.69, 9.17) is 0 Å². The number of aromatic nitrogens is 3. The molecule has 7 heteroatoms. The first-order valence-electron chi connectivity index (χ1n) is 8.68. The van der Waals surface area contributed by atoms with Gasteiger partial charge in [0, 0.05) is 13.2 Å². The lowest BCUT2D eigenvalue weighted by atomic mass is 9.67. The largest absolute Gasteiger partial charge is 0.396 e. The molecule has 2 amide bonds. The zero-order valence-corrected chi connectivity index (χ0v) is 14.7. The van der Waals surface area contributed by atoms with Crippen LogP contribution >= 0.6 is 0 Å². The lowest BCUT2D eigenvalue weighted by Gasteiger charge is -2.41. The van der Waals surface area contributed by atoms with E-state index in [9.17, 15) is 9.90 Å². The second-order valence-electron chi connectivity index (χ2n) is 6.77. The fourth-order valence-electron chi connectivity index (χ4n) is 3.38. The summed E-state index contributed by atoms with van der Waals surface area (Å²) in [6.45, 7) is 4.47. The topological polar surface area (TPSA) is 92.1 Å². The molecule has 2 aromatic rings. The number of rotatable bonds is 6. The van der Waals surface area contributed by atoms with Crippen LogP contribution in [-0.2, 0) is 0 Å². The van der Waals surface area contributed by atoms with E-state index >= 15 is 0 Å². The maximum absolute atomic E-state index is 12.3. The van der Waals surface area contributed by atoms with Crippen LogP contribution in [-0.4, -0.2) is 39.1 Å². The molecule has 3 rings (SSSR count). The molecule has 0 atom stereocenters. The molecule has 1 fully saturated rings. The minimum atomic E-state index is -0.244. The Kier molecular flexibility index (Phi) is 5.03. The summed E-state index contributed by atoms with van der Waals surface area (Å²) in [6, 6.07) is 7.27. The third kappa shape index (κ3) is 3.82. The van der Waals surface area contributed by atoms with Crippen molar-refractivity contribution < 1.29 is 9.90 Å². The number of para-hydroxylation sites is 2. The number of aliphatic hydroxyl groups excluding tert-OH is 1. The van der Waals surface area contributed by atoms with Crippen molar-refractivity contribution in [1.29, 1.82) is 0 Å². The van der Waals surface area contributed by atoms with Gasteiger partial charge in [0.2, 0.25) is 0 Å². The minimum absolute atomic E-state index is 0.0607. The first-order chi connectivity index (χ1) is 12.0. The molecule has 7 nitrogen and oxygen atoms in total. The Labute approximate surface area is 147 Å². The van der Waals surface area contributed by atoms with Crippen LogP contribution in [0, 0.1) is 19.3 Å². The Morgan fingerprint density at radius 3 is 2.68 bits per heavy atom. The van der Waals surface area contributed by atoms with Crippen molar-refractivity contribution in [3.05, 3.63) is 35.9 Å². The molecule has 1 heterocycles. The first kappa shape index (κ1) is 17.4. The van der Waals surface area contributed by atoms with Crippen molar-refractivity contribution in [2.24, 2.45) is 5.41 Å². The summed E-state index contributed by atoms with van der Waals surface area (Å²) in [5.74, 6) is 1.45. The normalized spacial score (nSPS) is 15.5. The number of urea groups is 1. The smallest absolute Gasteiger partial charge is 0.319 e. The maximum Gasteiger partial charge on any atom is 0.319 e. The van der Waals surface area contributed by atoms with Gasteiger partial charge in [-0.3, -0.25) is 0 Å². The molecule has 0 aliphatic heterocycles. The summed E-state index contributed by atoms with van der Waals surface area (Å²) >= 11 is 0. The van der Waals surface area contributed by atoms with Crippen molar-refractivity contribution >= 4 is 11.7 Å². The SMILES string of the molecule is Cc1nc(C)n(-c2ccccc2NC(=O)NCC2(CCO)CCC2)n1. The van der Waals surface area contributed by atoms with Gasteiger partial charge in [-0.05, 0) is 50.7 Å². The lowest BCUT2D eigenvalue weighted by Crippen LogP contribution is -2.44. The molecule has 1 saturated carbocycles. The molecule has 1 aliphatic rings. The van der Waals surface area contributed by atoms with E-state index in [-0.39, 0.29) is 18.1 Å². The number of carbonyl (C=O) groups excluding carboxylic acids is 1. The summed E-state index contributed by atoms with van der Waals surface area (Å²) < 4.78 is 1.73. The number of hydrogen-bond acceptors (Lipinski definition) is 4. The van der Waals surface area contributed by atoms with Crippen LogP contribution in [0.4, 0.5) is 10.5 Å². The molecule has 1 aromatic carbocycles. The second-order valence-corrected chi connectivity index (χ2v) is 6.77.